The first-order valence-corrected chi connectivity index (χ1v) is 12.1. The van der Waals surface area contributed by atoms with E-state index in [-0.39, 0.29) is 12.5 Å². The van der Waals surface area contributed by atoms with Gasteiger partial charge in [-0.25, -0.2) is 0 Å². The van der Waals surface area contributed by atoms with Gasteiger partial charge in [0.25, 0.3) is 0 Å². The first-order valence-electron chi connectivity index (χ1n) is 12.1. The lowest BCUT2D eigenvalue weighted by Crippen LogP contribution is -2.45. The summed E-state index contributed by atoms with van der Waals surface area (Å²) in [6.07, 6.45) is 19.3. The van der Waals surface area contributed by atoms with Crippen LogP contribution in [0.25, 0.3) is 0 Å². The van der Waals surface area contributed by atoms with Gasteiger partial charge in [0.05, 0.1) is 20.6 Å². The van der Waals surface area contributed by atoms with Crippen molar-refractivity contribution in [3.8, 4) is 0 Å². The molecular formula is C24H49NO3. The SMILES string of the molecule is CCCCCCCCCCCC(O)C[N+](C)(C)CCCCCCCCC(=O)[O-]. The number of carbonyl (C=O) groups excluding carboxylic acids is 1. The average Bonchev–Trinajstić information content (AvgIpc) is 2.61. The van der Waals surface area contributed by atoms with Crippen molar-refractivity contribution in [1.82, 2.24) is 0 Å². The molecule has 1 N–H and O–H groups in total. The summed E-state index contributed by atoms with van der Waals surface area (Å²) < 4.78 is 0.892. The molecule has 0 aliphatic rings. The molecular weight excluding hydrogens is 350 g/mol. The Morgan fingerprint density at radius 1 is 0.786 bits per heavy atom. The van der Waals surface area contributed by atoms with Crippen LogP contribution in [0, 0.1) is 0 Å². The van der Waals surface area contributed by atoms with Crippen molar-refractivity contribution in [2.45, 2.75) is 122 Å². The van der Waals surface area contributed by atoms with E-state index in [1.165, 1.54) is 70.6 Å². The molecule has 0 aromatic heterocycles. The maximum absolute atomic E-state index is 10.4. The van der Waals surface area contributed by atoms with Gasteiger partial charge in [0.15, 0.2) is 0 Å². The third-order valence-corrected chi connectivity index (χ3v) is 5.74. The summed E-state index contributed by atoms with van der Waals surface area (Å²) in [5.41, 5.74) is 0. The minimum Gasteiger partial charge on any atom is -0.550 e. The third kappa shape index (κ3) is 20.1. The zero-order valence-corrected chi connectivity index (χ0v) is 19.2. The highest BCUT2D eigenvalue weighted by Gasteiger charge is 2.19. The standard InChI is InChI=1S/C24H49NO3/c1-4-5-6-7-8-9-10-13-16-19-23(26)22-25(2,3)21-18-15-12-11-14-17-20-24(27)28/h23,26H,4-22H2,1-3H3. The Kier molecular flexibility index (Phi) is 18.0. The van der Waals surface area contributed by atoms with Gasteiger partial charge < -0.3 is 19.5 Å². The van der Waals surface area contributed by atoms with Gasteiger partial charge in [-0.3, -0.25) is 0 Å². The van der Waals surface area contributed by atoms with Gasteiger partial charge >= 0.3 is 0 Å². The molecule has 0 heterocycles. The highest BCUT2D eigenvalue weighted by Crippen LogP contribution is 2.14. The summed E-state index contributed by atoms with van der Waals surface area (Å²) in [5.74, 6) is -0.931. The van der Waals surface area contributed by atoms with E-state index in [0.29, 0.717) is 0 Å². The van der Waals surface area contributed by atoms with Gasteiger partial charge in [0, 0.05) is 5.97 Å². The van der Waals surface area contributed by atoms with Crippen molar-refractivity contribution in [2.24, 2.45) is 0 Å². The summed E-state index contributed by atoms with van der Waals surface area (Å²) in [7, 11) is 4.44. The monoisotopic (exact) mass is 399 g/mol. The van der Waals surface area contributed by atoms with Crippen molar-refractivity contribution in [1.29, 1.82) is 0 Å². The predicted molar refractivity (Wildman–Crippen MR) is 117 cm³/mol. The molecule has 4 nitrogen and oxygen atoms in total. The van der Waals surface area contributed by atoms with Crippen molar-refractivity contribution in [2.75, 3.05) is 27.2 Å². The number of carbonyl (C=O) groups is 1. The minimum atomic E-state index is -0.931. The number of nitrogens with zero attached hydrogens (tertiary/aromatic N) is 1. The lowest BCUT2D eigenvalue weighted by Gasteiger charge is -2.32. The molecule has 0 fully saturated rings. The van der Waals surface area contributed by atoms with E-state index in [4.69, 9.17) is 0 Å². The van der Waals surface area contributed by atoms with Crippen LogP contribution in [0.2, 0.25) is 0 Å². The topological polar surface area (TPSA) is 60.4 Å². The molecule has 0 aliphatic heterocycles. The number of aliphatic hydroxyl groups is 1. The number of rotatable bonds is 21. The minimum absolute atomic E-state index is 0.177. The van der Waals surface area contributed by atoms with Crippen LogP contribution in [0.15, 0.2) is 0 Å². The second kappa shape index (κ2) is 18.4. The fourth-order valence-corrected chi connectivity index (χ4v) is 3.96. The van der Waals surface area contributed by atoms with Crippen LogP contribution in [0.4, 0.5) is 0 Å². The second-order valence-electron chi connectivity index (χ2n) is 9.36. The zero-order chi connectivity index (χ0) is 21.1. The van der Waals surface area contributed by atoms with E-state index in [2.05, 4.69) is 21.0 Å². The van der Waals surface area contributed by atoms with Crippen LogP contribution in [0.3, 0.4) is 0 Å². The lowest BCUT2D eigenvalue weighted by atomic mass is 10.0. The maximum Gasteiger partial charge on any atom is 0.105 e. The Morgan fingerprint density at radius 2 is 1.25 bits per heavy atom. The predicted octanol–water partition coefficient (Wildman–Crippen LogP) is 4.83. The van der Waals surface area contributed by atoms with E-state index < -0.39 is 5.97 Å². The summed E-state index contributed by atoms with van der Waals surface area (Å²) in [5, 5.41) is 20.7. The zero-order valence-electron chi connectivity index (χ0n) is 19.2. The Morgan fingerprint density at radius 3 is 1.79 bits per heavy atom. The normalized spacial score (nSPS) is 13.0. The van der Waals surface area contributed by atoms with Crippen LogP contribution in [-0.4, -0.2) is 48.8 Å². The molecule has 0 bridgehead atoms. The Bertz CT molecular complexity index is 358. The number of carboxylic acids is 1. The van der Waals surface area contributed by atoms with E-state index in [1.807, 2.05) is 0 Å². The van der Waals surface area contributed by atoms with Crippen molar-refractivity contribution in [3.05, 3.63) is 0 Å². The van der Waals surface area contributed by atoms with E-state index in [9.17, 15) is 15.0 Å². The van der Waals surface area contributed by atoms with Crippen molar-refractivity contribution >= 4 is 5.97 Å². The lowest BCUT2D eigenvalue weighted by molar-refractivity contribution is -0.893. The molecule has 0 aliphatic carbocycles. The Balaban J connectivity index is 3.53. The quantitative estimate of drug-likeness (QED) is 0.222. The van der Waals surface area contributed by atoms with Crippen LogP contribution in [-0.2, 0) is 4.79 Å². The maximum atomic E-state index is 10.4. The van der Waals surface area contributed by atoms with E-state index in [1.54, 1.807) is 0 Å². The second-order valence-corrected chi connectivity index (χ2v) is 9.36. The van der Waals surface area contributed by atoms with Gasteiger partial charge in [-0.1, -0.05) is 84.0 Å². The first-order chi connectivity index (χ1) is 13.4. The molecule has 1 unspecified atom stereocenters. The highest BCUT2D eigenvalue weighted by molar-refractivity contribution is 5.63. The molecule has 0 radical (unpaired) electrons. The average molecular weight is 400 g/mol. The van der Waals surface area contributed by atoms with Crippen LogP contribution in [0.5, 0.6) is 0 Å². The summed E-state index contributed by atoms with van der Waals surface area (Å²) in [6, 6.07) is 0. The molecule has 1 atom stereocenters. The van der Waals surface area contributed by atoms with Crippen LogP contribution in [0.1, 0.15) is 116 Å². The summed E-state index contributed by atoms with van der Waals surface area (Å²) >= 11 is 0. The number of hydrogen-bond acceptors (Lipinski definition) is 3. The highest BCUT2D eigenvalue weighted by atomic mass is 16.4. The van der Waals surface area contributed by atoms with Crippen LogP contribution < -0.4 is 5.11 Å². The number of likely N-dealkylation sites (N-methyl/N-ethyl adjacent to an activating group) is 1. The molecule has 28 heavy (non-hydrogen) atoms. The number of carboxylic acid groups (broad SMARTS) is 1. The molecule has 0 rings (SSSR count). The van der Waals surface area contributed by atoms with Gasteiger partial charge in [-0.2, -0.15) is 0 Å². The third-order valence-electron chi connectivity index (χ3n) is 5.74. The molecule has 0 saturated carbocycles. The molecule has 0 aromatic carbocycles. The van der Waals surface area contributed by atoms with E-state index in [0.717, 1.165) is 49.7 Å². The summed E-state index contributed by atoms with van der Waals surface area (Å²) in [6.45, 7) is 4.22. The van der Waals surface area contributed by atoms with Crippen molar-refractivity contribution < 1.29 is 19.5 Å². The van der Waals surface area contributed by atoms with Crippen LogP contribution >= 0.6 is 0 Å². The Hall–Kier alpha value is -0.610. The molecule has 0 amide bonds. The first kappa shape index (κ1) is 27.4. The van der Waals surface area contributed by atoms with Crippen molar-refractivity contribution in [3.63, 3.8) is 0 Å². The fourth-order valence-electron chi connectivity index (χ4n) is 3.96. The van der Waals surface area contributed by atoms with Gasteiger partial charge in [0.1, 0.15) is 12.6 Å². The van der Waals surface area contributed by atoms with Gasteiger partial charge in [-0.05, 0) is 32.1 Å². The number of hydrogen-bond donors (Lipinski definition) is 1. The molecule has 0 spiro atoms. The molecule has 168 valence electrons. The number of quaternary nitrogens is 1. The largest absolute Gasteiger partial charge is 0.550 e. The van der Waals surface area contributed by atoms with Gasteiger partial charge in [0.2, 0.25) is 0 Å². The fraction of sp³-hybridized carbons (Fsp3) is 0.958. The summed E-state index contributed by atoms with van der Waals surface area (Å²) in [4.78, 5) is 10.4. The van der Waals surface area contributed by atoms with E-state index >= 15 is 0 Å². The molecule has 0 saturated heterocycles. The number of unbranched alkanes of at least 4 members (excludes halogenated alkanes) is 13. The van der Waals surface area contributed by atoms with Gasteiger partial charge in [-0.15, -0.1) is 0 Å². The smallest absolute Gasteiger partial charge is 0.105 e. The number of aliphatic carboxylic acids is 1. The number of aliphatic hydroxyl groups excluding tert-OH is 1. The Labute approximate surface area is 175 Å². The molecule has 0 aromatic rings. The molecule has 4 heteroatoms.